The lowest BCUT2D eigenvalue weighted by molar-refractivity contribution is -0.385. The zero-order valence-electron chi connectivity index (χ0n) is 11.6. The van der Waals surface area contributed by atoms with E-state index in [1.54, 1.807) is 38.1 Å². The molecule has 0 aliphatic heterocycles. The van der Waals surface area contributed by atoms with Gasteiger partial charge in [-0.2, -0.15) is 0 Å². The van der Waals surface area contributed by atoms with Crippen LogP contribution in [0.1, 0.15) is 24.1 Å². The number of anilines is 1. The lowest BCUT2D eigenvalue weighted by Crippen LogP contribution is -2.09. The molecule has 2 aromatic carbocycles. The molecule has 0 saturated heterocycles. The molecule has 1 N–H and O–H groups in total. The number of rotatable bonds is 4. The molecule has 0 bridgehead atoms. The number of nitrogens with one attached hydrogen (secondary N) is 1. The smallest absolute Gasteiger partial charge is 0.274 e. The second-order valence-corrected chi connectivity index (χ2v) is 5.62. The Morgan fingerprint density at radius 2 is 2.00 bits per heavy atom. The van der Waals surface area contributed by atoms with Crippen molar-refractivity contribution in [2.45, 2.75) is 19.9 Å². The van der Waals surface area contributed by atoms with E-state index in [1.165, 1.54) is 12.1 Å². The van der Waals surface area contributed by atoms with Crippen molar-refractivity contribution in [3.63, 3.8) is 0 Å². The van der Waals surface area contributed by atoms with Gasteiger partial charge < -0.3 is 5.32 Å². The Kier molecular flexibility index (Phi) is 4.57. The van der Waals surface area contributed by atoms with Crippen LogP contribution in [-0.2, 0) is 0 Å². The maximum absolute atomic E-state index is 13.8. The molecule has 2 aromatic rings. The molecule has 0 aliphatic rings. The lowest BCUT2D eigenvalue weighted by Gasteiger charge is -2.17. The van der Waals surface area contributed by atoms with Gasteiger partial charge in [0.2, 0.25) is 0 Å². The van der Waals surface area contributed by atoms with Crippen molar-refractivity contribution in [2.24, 2.45) is 0 Å². The number of nitro benzene ring substituents is 1. The first-order valence-electron chi connectivity index (χ1n) is 6.35. The van der Waals surface area contributed by atoms with E-state index < -0.39 is 4.92 Å². The molecule has 21 heavy (non-hydrogen) atoms. The highest BCUT2D eigenvalue weighted by molar-refractivity contribution is 9.10. The number of nitro groups is 1. The van der Waals surface area contributed by atoms with Gasteiger partial charge in [0.25, 0.3) is 5.69 Å². The number of aryl methyl sites for hydroxylation is 1. The van der Waals surface area contributed by atoms with E-state index >= 15 is 0 Å². The molecule has 0 radical (unpaired) electrons. The van der Waals surface area contributed by atoms with Crippen LogP contribution in [0.25, 0.3) is 0 Å². The fourth-order valence-corrected chi connectivity index (χ4v) is 2.68. The molecule has 6 heteroatoms. The van der Waals surface area contributed by atoms with Crippen molar-refractivity contribution in [3.05, 3.63) is 67.9 Å². The summed E-state index contributed by atoms with van der Waals surface area (Å²) in [7, 11) is 0. The van der Waals surface area contributed by atoms with Crippen molar-refractivity contribution >= 4 is 27.3 Å². The highest BCUT2D eigenvalue weighted by Crippen LogP contribution is 2.33. The second-order valence-electron chi connectivity index (χ2n) is 4.76. The molecule has 0 heterocycles. The van der Waals surface area contributed by atoms with Gasteiger partial charge in [-0.3, -0.25) is 10.1 Å². The van der Waals surface area contributed by atoms with Crippen molar-refractivity contribution < 1.29 is 9.31 Å². The maximum Gasteiger partial charge on any atom is 0.274 e. The summed E-state index contributed by atoms with van der Waals surface area (Å²) in [6.45, 7) is 3.48. The minimum Gasteiger partial charge on any atom is -0.377 e. The van der Waals surface area contributed by atoms with Gasteiger partial charge >= 0.3 is 0 Å². The summed E-state index contributed by atoms with van der Waals surface area (Å²) in [5.74, 6) is -0.310. The molecule has 0 fully saturated rings. The molecule has 0 amide bonds. The molecule has 4 nitrogen and oxygen atoms in total. The molecule has 0 aromatic heterocycles. The molecule has 2 rings (SSSR count). The molecule has 1 unspecified atom stereocenters. The van der Waals surface area contributed by atoms with Crippen molar-refractivity contribution in [1.82, 2.24) is 0 Å². The summed E-state index contributed by atoms with van der Waals surface area (Å²) >= 11 is 3.37. The van der Waals surface area contributed by atoms with E-state index in [0.717, 1.165) is 0 Å². The van der Waals surface area contributed by atoms with E-state index in [9.17, 15) is 14.5 Å². The Bertz CT molecular complexity index is 691. The van der Waals surface area contributed by atoms with E-state index in [2.05, 4.69) is 21.2 Å². The maximum atomic E-state index is 13.8. The average Bonchev–Trinajstić information content (AvgIpc) is 2.41. The zero-order chi connectivity index (χ0) is 15.6. The molecule has 0 aliphatic carbocycles. The van der Waals surface area contributed by atoms with Gasteiger partial charge in [0, 0.05) is 21.7 Å². The SMILES string of the molecule is Cc1cc(Br)c(NC(C)c2ccccc2F)cc1[N+](=O)[O-]. The summed E-state index contributed by atoms with van der Waals surface area (Å²) in [5.41, 5.74) is 1.66. The van der Waals surface area contributed by atoms with Gasteiger partial charge in [-0.15, -0.1) is 0 Å². The van der Waals surface area contributed by atoms with E-state index in [4.69, 9.17) is 0 Å². The molecular weight excluding hydrogens is 339 g/mol. The topological polar surface area (TPSA) is 55.2 Å². The van der Waals surface area contributed by atoms with Gasteiger partial charge in [0.05, 0.1) is 16.7 Å². The summed E-state index contributed by atoms with van der Waals surface area (Å²) in [6.07, 6.45) is 0. The second kappa shape index (κ2) is 6.22. The molecule has 0 spiro atoms. The Morgan fingerprint density at radius 1 is 1.33 bits per heavy atom. The van der Waals surface area contributed by atoms with E-state index in [1.807, 2.05) is 0 Å². The summed E-state index contributed by atoms with van der Waals surface area (Å²) in [6, 6.07) is 9.26. The lowest BCUT2D eigenvalue weighted by atomic mass is 10.1. The Hall–Kier alpha value is -1.95. The number of hydrogen-bond acceptors (Lipinski definition) is 3. The summed E-state index contributed by atoms with van der Waals surface area (Å²) < 4.78 is 14.5. The van der Waals surface area contributed by atoms with Crippen molar-refractivity contribution in [1.29, 1.82) is 0 Å². The first-order chi connectivity index (χ1) is 9.90. The van der Waals surface area contributed by atoms with E-state index in [0.29, 0.717) is 21.3 Å². The number of hydrogen-bond donors (Lipinski definition) is 1. The standard InChI is InChI=1S/C15H14BrFN2O2/c1-9-7-12(16)14(8-15(9)19(20)21)18-10(2)11-5-3-4-6-13(11)17/h3-8,10,18H,1-2H3. The van der Waals surface area contributed by atoms with Crippen LogP contribution in [0.15, 0.2) is 40.9 Å². The fraction of sp³-hybridized carbons (Fsp3) is 0.200. The van der Waals surface area contributed by atoms with Crippen molar-refractivity contribution in [2.75, 3.05) is 5.32 Å². The normalized spacial score (nSPS) is 12.0. The monoisotopic (exact) mass is 352 g/mol. The number of halogens is 2. The van der Waals surface area contributed by atoms with Gasteiger partial charge in [-0.25, -0.2) is 4.39 Å². The zero-order valence-corrected chi connectivity index (χ0v) is 13.1. The van der Waals surface area contributed by atoms with Crippen LogP contribution in [0, 0.1) is 22.9 Å². The Labute approximate surface area is 130 Å². The van der Waals surface area contributed by atoms with Gasteiger partial charge in [0.1, 0.15) is 5.82 Å². The van der Waals surface area contributed by atoms with Crippen LogP contribution in [0.4, 0.5) is 15.8 Å². The van der Waals surface area contributed by atoms with Crippen LogP contribution >= 0.6 is 15.9 Å². The molecule has 1 atom stereocenters. The predicted molar refractivity (Wildman–Crippen MR) is 84.0 cm³/mol. The van der Waals surface area contributed by atoms with Gasteiger partial charge in [-0.1, -0.05) is 18.2 Å². The van der Waals surface area contributed by atoms with Crippen LogP contribution in [0.5, 0.6) is 0 Å². The largest absolute Gasteiger partial charge is 0.377 e. The first kappa shape index (κ1) is 15.4. The number of benzene rings is 2. The fourth-order valence-electron chi connectivity index (χ4n) is 2.11. The van der Waals surface area contributed by atoms with Crippen LogP contribution in [0.3, 0.4) is 0 Å². The van der Waals surface area contributed by atoms with E-state index in [-0.39, 0.29) is 17.5 Å². The third-order valence-corrected chi connectivity index (χ3v) is 3.88. The number of nitrogens with zero attached hydrogens (tertiary/aromatic N) is 1. The third kappa shape index (κ3) is 3.39. The summed E-state index contributed by atoms with van der Waals surface area (Å²) in [4.78, 5) is 10.6. The third-order valence-electron chi connectivity index (χ3n) is 3.23. The average molecular weight is 353 g/mol. The molecule has 110 valence electrons. The highest BCUT2D eigenvalue weighted by Gasteiger charge is 2.17. The molecule has 0 saturated carbocycles. The van der Waals surface area contributed by atoms with Gasteiger partial charge in [-0.05, 0) is 41.9 Å². The minimum absolute atomic E-state index is 0.0291. The first-order valence-corrected chi connectivity index (χ1v) is 7.15. The van der Waals surface area contributed by atoms with Crippen LogP contribution in [-0.4, -0.2) is 4.92 Å². The van der Waals surface area contributed by atoms with Gasteiger partial charge in [0.15, 0.2) is 0 Å². The van der Waals surface area contributed by atoms with Crippen molar-refractivity contribution in [3.8, 4) is 0 Å². The quantitative estimate of drug-likeness (QED) is 0.623. The highest BCUT2D eigenvalue weighted by atomic mass is 79.9. The van der Waals surface area contributed by atoms with Crippen LogP contribution < -0.4 is 5.32 Å². The predicted octanol–water partition coefficient (Wildman–Crippen LogP) is 4.98. The summed E-state index contributed by atoms with van der Waals surface area (Å²) in [5, 5.41) is 14.1. The molecular formula is C15H14BrFN2O2. The minimum atomic E-state index is -0.430. The Balaban J connectivity index is 2.33. The van der Waals surface area contributed by atoms with Crippen LogP contribution in [0.2, 0.25) is 0 Å². The Morgan fingerprint density at radius 3 is 2.62 bits per heavy atom.